The lowest BCUT2D eigenvalue weighted by Gasteiger charge is -2.28. The van der Waals surface area contributed by atoms with Crippen molar-refractivity contribution in [2.24, 2.45) is 5.92 Å². The molecule has 0 amide bonds. The monoisotopic (exact) mass is 445 g/mol. The van der Waals surface area contributed by atoms with Crippen molar-refractivity contribution in [3.05, 3.63) is 59.0 Å². The summed E-state index contributed by atoms with van der Waals surface area (Å²) in [4.78, 5) is 17.4. The van der Waals surface area contributed by atoms with Crippen molar-refractivity contribution in [2.75, 3.05) is 0 Å². The van der Waals surface area contributed by atoms with Crippen LogP contribution in [0.2, 0.25) is 0 Å². The van der Waals surface area contributed by atoms with E-state index in [1.165, 1.54) is 11.1 Å². The molecular formula is C27H27NO3S. The van der Waals surface area contributed by atoms with Gasteiger partial charge in [0.25, 0.3) is 0 Å². The van der Waals surface area contributed by atoms with Crippen molar-refractivity contribution in [3.63, 3.8) is 0 Å². The van der Waals surface area contributed by atoms with Gasteiger partial charge in [0.15, 0.2) is 0 Å². The molecule has 2 atom stereocenters. The van der Waals surface area contributed by atoms with Gasteiger partial charge in [-0.3, -0.25) is 0 Å². The van der Waals surface area contributed by atoms with Gasteiger partial charge in [-0.25, -0.2) is 9.78 Å². The molecule has 1 unspecified atom stereocenters. The summed E-state index contributed by atoms with van der Waals surface area (Å²) in [6, 6.07) is 13.9. The quantitative estimate of drug-likeness (QED) is 0.349. The second-order valence-corrected chi connectivity index (χ2v) is 9.73. The first-order valence-corrected chi connectivity index (χ1v) is 12.3. The molecular weight excluding hydrogens is 418 g/mol. The summed E-state index contributed by atoms with van der Waals surface area (Å²) >= 11 is 1.65. The summed E-state index contributed by atoms with van der Waals surface area (Å²) in [6.07, 6.45) is 5.29. The van der Waals surface area contributed by atoms with E-state index >= 15 is 0 Å². The largest absolute Gasteiger partial charge is 0.490 e. The Morgan fingerprint density at radius 1 is 1.22 bits per heavy atom. The van der Waals surface area contributed by atoms with Crippen LogP contribution in [0.25, 0.3) is 32.2 Å². The average molecular weight is 446 g/mol. The smallest absolute Gasteiger partial charge is 0.336 e. The van der Waals surface area contributed by atoms with Gasteiger partial charge in [-0.1, -0.05) is 44.5 Å². The van der Waals surface area contributed by atoms with E-state index in [2.05, 4.69) is 31.4 Å². The van der Waals surface area contributed by atoms with Crippen molar-refractivity contribution in [1.29, 1.82) is 0 Å². The summed E-state index contributed by atoms with van der Waals surface area (Å²) in [6.45, 7) is 4.34. The van der Waals surface area contributed by atoms with Crippen LogP contribution in [0.15, 0.2) is 47.8 Å². The number of hydrogen-bond acceptors (Lipinski definition) is 4. The van der Waals surface area contributed by atoms with Gasteiger partial charge in [0.05, 0.1) is 28.3 Å². The van der Waals surface area contributed by atoms with Crippen LogP contribution in [0.3, 0.4) is 0 Å². The highest BCUT2D eigenvalue weighted by Crippen LogP contribution is 2.39. The van der Waals surface area contributed by atoms with Crippen molar-refractivity contribution < 1.29 is 14.6 Å². The molecule has 4 aromatic rings. The normalized spacial score (nSPS) is 18.8. The van der Waals surface area contributed by atoms with E-state index < -0.39 is 5.97 Å². The molecule has 0 radical (unpaired) electrons. The van der Waals surface area contributed by atoms with Crippen LogP contribution in [0.5, 0.6) is 5.75 Å². The Kier molecular flexibility index (Phi) is 5.60. The SMILES string of the molecule is CCc1ccc(OC2CCC[C@H](C)C2)c2c(C(=O)O)cc(-c3csc4ccccc34)nc12. The van der Waals surface area contributed by atoms with E-state index in [9.17, 15) is 9.90 Å². The van der Waals surface area contributed by atoms with Gasteiger partial charge in [-0.15, -0.1) is 11.3 Å². The highest BCUT2D eigenvalue weighted by atomic mass is 32.1. The van der Waals surface area contributed by atoms with E-state index in [4.69, 9.17) is 9.72 Å². The van der Waals surface area contributed by atoms with Crippen molar-refractivity contribution in [3.8, 4) is 17.0 Å². The zero-order chi connectivity index (χ0) is 22.2. The van der Waals surface area contributed by atoms with Crippen LogP contribution in [0.1, 0.15) is 55.5 Å². The average Bonchev–Trinajstić information content (AvgIpc) is 3.22. The number of ether oxygens (including phenoxy) is 1. The summed E-state index contributed by atoms with van der Waals surface area (Å²) < 4.78 is 7.60. The van der Waals surface area contributed by atoms with E-state index in [-0.39, 0.29) is 11.7 Å². The molecule has 5 rings (SSSR count). The highest BCUT2D eigenvalue weighted by Gasteiger charge is 2.24. The molecule has 4 nitrogen and oxygen atoms in total. The van der Waals surface area contributed by atoms with Crippen molar-refractivity contribution in [1.82, 2.24) is 4.98 Å². The van der Waals surface area contributed by atoms with Crippen LogP contribution in [-0.4, -0.2) is 22.2 Å². The fraction of sp³-hybridized carbons (Fsp3) is 0.333. The lowest BCUT2D eigenvalue weighted by molar-refractivity contribution is 0.0698. The van der Waals surface area contributed by atoms with E-state index in [0.29, 0.717) is 22.7 Å². The first kappa shape index (κ1) is 21.0. The predicted octanol–water partition coefficient (Wildman–Crippen LogP) is 7.33. The fourth-order valence-corrected chi connectivity index (χ4v) is 5.85. The number of carbonyl (C=O) groups is 1. The first-order valence-electron chi connectivity index (χ1n) is 11.4. The highest BCUT2D eigenvalue weighted by molar-refractivity contribution is 7.17. The predicted molar refractivity (Wildman–Crippen MR) is 131 cm³/mol. The maximum atomic E-state index is 12.4. The third-order valence-electron chi connectivity index (χ3n) is 6.56. The Morgan fingerprint density at radius 3 is 2.84 bits per heavy atom. The third kappa shape index (κ3) is 3.75. The first-order chi connectivity index (χ1) is 15.5. The molecule has 1 fully saturated rings. The number of hydrogen-bond donors (Lipinski definition) is 1. The van der Waals surface area contributed by atoms with Gasteiger partial charge in [-0.2, -0.15) is 0 Å². The van der Waals surface area contributed by atoms with Crippen LogP contribution in [0, 0.1) is 5.92 Å². The molecule has 2 aromatic carbocycles. The van der Waals surface area contributed by atoms with E-state index in [1.807, 2.05) is 24.3 Å². The van der Waals surface area contributed by atoms with Crippen LogP contribution >= 0.6 is 11.3 Å². The van der Waals surface area contributed by atoms with Gasteiger partial charge >= 0.3 is 5.97 Å². The topological polar surface area (TPSA) is 59.4 Å². The van der Waals surface area contributed by atoms with Gasteiger partial charge in [-0.05, 0) is 55.4 Å². The Labute approximate surface area is 191 Å². The van der Waals surface area contributed by atoms with Crippen LogP contribution in [-0.2, 0) is 6.42 Å². The number of thiophene rings is 1. The molecule has 2 aromatic heterocycles. The number of carboxylic acid groups (broad SMARTS) is 1. The van der Waals surface area contributed by atoms with Crippen molar-refractivity contribution >= 4 is 38.3 Å². The molecule has 1 aliphatic carbocycles. The van der Waals surface area contributed by atoms with E-state index in [1.54, 1.807) is 17.4 Å². The number of aromatic carboxylic acids is 1. The Balaban J connectivity index is 1.70. The number of fused-ring (bicyclic) bond motifs is 2. The number of pyridine rings is 1. The van der Waals surface area contributed by atoms with Gasteiger partial charge < -0.3 is 9.84 Å². The summed E-state index contributed by atoms with van der Waals surface area (Å²) in [7, 11) is 0. The zero-order valence-corrected chi connectivity index (χ0v) is 19.2. The van der Waals surface area contributed by atoms with Crippen molar-refractivity contribution in [2.45, 2.75) is 52.1 Å². The Hall–Kier alpha value is -2.92. The molecule has 0 aliphatic heterocycles. The molecule has 5 heteroatoms. The molecule has 1 N–H and O–H groups in total. The van der Waals surface area contributed by atoms with Crippen LogP contribution < -0.4 is 4.74 Å². The summed E-state index contributed by atoms with van der Waals surface area (Å²) in [5.74, 6) is 0.321. The van der Waals surface area contributed by atoms with Gasteiger partial charge in [0, 0.05) is 21.0 Å². The number of benzene rings is 2. The number of carboxylic acids is 1. The minimum Gasteiger partial charge on any atom is -0.490 e. The molecule has 2 heterocycles. The Bertz CT molecular complexity index is 1310. The summed E-state index contributed by atoms with van der Waals surface area (Å²) in [5, 5.41) is 14.0. The number of aryl methyl sites for hydroxylation is 1. The second kappa shape index (κ2) is 8.55. The molecule has 0 spiro atoms. The minimum atomic E-state index is -0.951. The molecule has 1 saturated carbocycles. The molecule has 164 valence electrons. The lowest BCUT2D eigenvalue weighted by atomic mass is 9.88. The lowest BCUT2D eigenvalue weighted by Crippen LogP contribution is -2.24. The molecule has 32 heavy (non-hydrogen) atoms. The van der Waals surface area contributed by atoms with E-state index in [0.717, 1.165) is 47.7 Å². The molecule has 1 aliphatic rings. The number of rotatable bonds is 5. The van der Waals surface area contributed by atoms with Gasteiger partial charge in [0.1, 0.15) is 5.75 Å². The third-order valence-corrected chi connectivity index (χ3v) is 7.52. The maximum absolute atomic E-state index is 12.4. The zero-order valence-electron chi connectivity index (χ0n) is 18.4. The summed E-state index contributed by atoms with van der Waals surface area (Å²) in [5.41, 5.74) is 3.71. The van der Waals surface area contributed by atoms with Gasteiger partial charge in [0.2, 0.25) is 0 Å². The maximum Gasteiger partial charge on any atom is 0.336 e. The fourth-order valence-electron chi connectivity index (χ4n) is 4.90. The standard InChI is InChI=1S/C27H27NO3S/c1-3-17-11-12-23(31-18-8-6-7-16(2)13-18)25-20(27(29)30)14-22(28-26(17)25)21-15-32-24-10-5-4-9-19(21)24/h4-5,9-12,14-16,18H,3,6-8,13H2,1-2H3,(H,29,30)/t16-,18?/m0/s1. The number of aromatic nitrogens is 1. The molecule has 0 bridgehead atoms. The number of nitrogens with zero attached hydrogens (tertiary/aromatic N) is 1. The second-order valence-electron chi connectivity index (χ2n) is 8.82. The van der Waals surface area contributed by atoms with Crippen LogP contribution in [0.4, 0.5) is 0 Å². The molecule has 0 saturated heterocycles. The minimum absolute atomic E-state index is 0.122. The Morgan fingerprint density at radius 2 is 2.06 bits per heavy atom.